The summed E-state index contributed by atoms with van der Waals surface area (Å²) in [6, 6.07) is 13.9. The van der Waals surface area contributed by atoms with Crippen LogP contribution in [0.15, 0.2) is 64.2 Å². The van der Waals surface area contributed by atoms with Crippen LogP contribution < -0.4 is 4.74 Å². The molecule has 0 atom stereocenters. The number of hydrazone groups is 1. The summed E-state index contributed by atoms with van der Waals surface area (Å²) in [4.78, 5) is 27.2. The van der Waals surface area contributed by atoms with Gasteiger partial charge in [-0.05, 0) is 53.2 Å². The van der Waals surface area contributed by atoms with E-state index >= 15 is 0 Å². The highest BCUT2D eigenvalue weighted by Crippen LogP contribution is 2.30. The monoisotopic (exact) mass is 454 g/mol. The summed E-state index contributed by atoms with van der Waals surface area (Å²) in [6.07, 6.45) is 2.08. The van der Waals surface area contributed by atoms with Crippen molar-refractivity contribution in [2.24, 2.45) is 10.1 Å². The van der Waals surface area contributed by atoms with E-state index in [0.717, 1.165) is 10.6 Å². The van der Waals surface area contributed by atoms with Crippen LogP contribution in [0.1, 0.15) is 11.1 Å². The molecule has 0 saturated carbocycles. The number of amidine groups is 2. The minimum absolute atomic E-state index is 0.0557. The minimum Gasteiger partial charge on any atom is -0.482 e. The lowest BCUT2D eigenvalue weighted by molar-refractivity contribution is -0.139. The number of thioether (sulfide) groups is 1. The summed E-state index contributed by atoms with van der Waals surface area (Å²) >= 11 is 7.18. The molecular weight excluding hydrogens is 440 g/mol. The molecule has 0 bridgehead atoms. The molecule has 0 aromatic heterocycles. The van der Waals surface area contributed by atoms with Crippen molar-refractivity contribution in [3.8, 4) is 5.75 Å². The second kappa shape index (κ2) is 8.75. The van der Waals surface area contributed by atoms with Gasteiger partial charge in [-0.2, -0.15) is 15.1 Å². The van der Waals surface area contributed by atoms with Gasteiger partial charge in [0.1, 0.15) is 10.8 Å². The second-order valence-corrected chi connectivity index (χ2v) is 8.05. The van der Waals surface area contributed by atoms with Crippen LogP contribution in [0.4, 0.5) is 0 Å². The fraction of sp³-hybridized carbons (Fsp3) is 0.0952. The molecule has 0 saturated heterocycles. The van der Waals surface area contributed by atoms with Gasteiger partial charge in [0.15, 0.2) is 12.4 Å². The first-order chi connectivity index (χ1) is 14.9. The summed E-state index contributed by atoms with van der Waals surface area (Å²) in [5.74, 6) is -1.25. The summed E-state index contributed by atoms with van der Waals surface area (Å²) in [7, 11) is 0. The third-order valence-electron chi connectivity index (χ3n) is 4.32. The van der Waals surface area contributed by atoms with Crippen LogP contribution in [0.5, 0.6) is 5.75 Å². The third kappa shape index (κ3) is 4.84. The smallest absolute Gasteiger partial charge is 0.341 e. The molecule has 10 heteroatoms. The van der Waals surface area contributed by atoms with E-state index in [9.17, 15) is 9.59 Å². The maximum atomic E-state index is 12.5. The third-order valence-corrected chi connectivity index (χ3v) is 5.48. The molecule has 2 heterocycles. The van der Waals surface area contributed by atoms with Crippen molar-refractivity contribution in [2.45, 2.75) is 6.42 Å². The molecule has 0 fully saturated rings. The van der Waals surface area contributed by atoms with Crippen molar-refractivity contribution in [3.63, 3.8) is 0 Å². The van der Waals surface area contributed by atoms with Gasteiger partial charge in [-0.1, -0.05) is 35.9 Å². The summed E-state index contributed by atoms with van der Waals surface area (Å²) in [6.45, 7) is -0.440. The normalized spacial score (nSPS) is 16.8. The number of carbonyl (C=O) groups is 2. The maximum Gasteiger partial charge on any atom is 0.341 e. The number of rotatable bonds is 6. The van der Waals surface area contributed by atoms with Crippen molar-refractivity contribution < 1.29 is 19.4 Å². The molecule has 0 spiro atoms. The molecule has 2 aliphatic heterocycles. The highest BCUT2D eigenvalue weighted by molar-refractivity contribution is 8.26. The Hall–Kier alpha value is -3.43. The highest BCUT2D eigenvalue weighted by Gasteiger charge is 2.35. The van der Waals surface area contributed by atoms with Crippen molar-refractivity contribution in [3.05, 3.63) is 70.3 Å². The maximum absolute atomic E-state index is 12.5. The fourth-order valence-electron chi connectivity index (χ4n) is 2.85. The van der Waals surface area contributed by atoms with Gasteiger partial charge in [0, 0.05) is 11.4 Å². The van der Waals surface area contributed by atoms with Crippen LogP contribution in [0.2, 0.25) is 5.02 Å². The number of carboxylic acids is 1. The van der Waals surface area contributed by atoms with Crippen molar-refractivity contribution in [2.75, 3.05) is 6.61 Å². The Labute approximate surface area is 186 Å². The van der Waals surface area contributed by atoms with Gasteiger partial charge in [-0.3, -0.25) is 10.2 Å². The molecule has 4 rings (SSSR count). The number of nitrogens with zero attached hydrogens (tertiary/aromatic N) is 3. The molecule has 2 N–H and O–H groups in total. The Morgan fingerprint density at radius 2 is 1.90 bits per heavy atom. The second-order valence-electron chi connectivity index (χ2n) is 6.57. The molecule has 0 radical (unpaired) electrons. The first kappa shape index (κ1) is 20.8. The number of benzene rings is 2. The first-order valence-electron chi connectivity index (χ1n) is 9.07. The molecule has 2 aliphatic rings. The average Bonchev–Trinajstić information content (AvgIpc) is 3.14. The number of nitrogens with one attached hydrogen (secondary N) is 1. The Balaban J connectivity index is 1.51. The predicted octanol–water partition coefficient (Wildman–Crippen LogP) is 3.67. The fourth-order valence-corrected chi connectivity index (χ4v) is 3.90. The van der Waals surface area contributed by atoms with Crippen LogP contribution >= 0.6 is 23.4 Å². The summed E-state index contributed by atoms with van der Waals surface area (Å²) in [5, 5.41) is 24.6. The van der Waals surface area contributed by atoms with Crippen LogP contribution in [0.3, 0.4) is 0 Å². The number of aliphatic imine (C=N–C) groups is 1. The number of halogens is 1. The Kier molecular flexibility index (Phi) is 5.88. The van der Waals surface area contributed by atoms with E-state index in [0.29, 0.717) is 27.9 Å². The quantitative estimate of drug-likeness (QED) is 0.643. The standard InChI is InChI=1S/C21H15ClN4O4S/c22-14-5-1-13(2-6-14)10-17-25-26-19(23)16(20(29)24-21(26)31-17)9-12-3-7-15(8-4-12)30-11-18(27)28/h1-9,23H,10-11H2,(H,27,28)/b16-9-,23-19?. The van der Waals surface area contributed by atoms with E-state index in [1.54, 1.807) is 42.5 Å². The van der Waals surface area contributed by atoms with E-state index in [2.05, 4.69) is 10.1 Å². The predicted molar refractivity (Wildman–Crippen MR) is 120 cm³/mol. The van der Waals surface area contributed by atoms with Crippen LogP contribution in [0.25, 0.3) is 6.08 Å². The molecule has 0 unspecified atom stereocenters. The lowest BCUT2D eigenvalue weighted by Crippen LogP contribution is -2.35. The van der Waals surface area contributed by atoms with E-state index in [1.165, 1.54) is 16.8 Å². The Morgan fingerprint density at radius 3 is 2.58 bits per heavy atom. The number of hydrogen-bond acceptors (Lipinski definition) is 6. The van der Waals surface area contributed by atoms with E-state index < -0.39 is 18.5 Å². The van der Waals surface area contributed by atoms with Gasteiger partial charge in [0.2, 0.25) is 5.17 Å². The van der Waals surface area contributed by atoms with E-state index in [4.69, 9.17) is 26.9 Å². The summed E-state index contributed by atoms with van der Waals surface area (Å²) < 4.78 is 5.09. The SMILES string of the molecule is N=C1/C(=C/c2ccc(OCC(=O)O)cc2)C(=O)N=C2SC(Cc3ccc(Cl)cc3)=NN12. The van der Waals surface area contributed by atoms with Gasteiger partial charge in [0.25, 0.3) is 5.91 Å². The summed E-state index contributed by atoms with van der Waals surface area (Å²) in [5.41, 5.74) is 1.77. The Morgan fingerprint density at radius 1 is 1.19 bits per heavy atom. The van der Waals surface area contributed by atoms with Crippen molar-refractivity contribution >= 4 is 57.4 Å². The number of carbonyl (C=O) groups excluding carboxylic acids is 1. The van der Waals surface area contributed by atoms with Gasteiger partial charge in [0.05, 0.1) is 5.57 Å². The molecule has 31 heavy (non-hydrogen) atoms. The number of aliphatic carboxylic acids is 1. The zero-order valence-electron chi connectivity index (χ0n) is 15.9. The van der Waals surface area contributed by atoms with E-state index in [1.807, 2.05) is 12.1 Å². The molecule has 1 amide bonds. The first-order valence-corrected chi connectivity index (χ1v) is 10.3. The molecular formula is C21H15ClN4O4S. The average molecular weight is 455 g/mol. The minimum atomic E-state index is -1.07. The molecule has 0 aliphatic carbocycles. The van der Waals surface area contributed by atoms with Gasteiger partial charge in [-0.25, -0.2) is 4.79 Å². The van der Waals surface area contributed by atoms with Gasteiger partial charge >= 0.3 is 5.97 Å². The van der Waals surface area contributed by atoms with Crippen LogP contribution in [0, 0.1) is 5.41 Å². The topological polar surface area (TPSA) is 115 Å². The largest absolute Gasteiger partial charge is 0.482 e. The lowest BCUT2D eigenvalue weighted by Gasteiger charge is -2.20. The number of amides is 1. The lowest BCUT2D eigenvalue weighted by atomic mass is 10.1. The Bertz CT molecular complexity index is 1160. The van der Waals surface area contributed by atoms with Gasteiger partial charge in [-0.15, -0.1) is 0 Å². The van der Waals surface area contributed by atoms with E-state index in [-0.39, 0.29) is 11.4 Å². The van der Waals surface area contributed by atoms with Gasteiger partial charge < -0.3 is 9.84 Å². The molecule has 156 valence electrons. The van der Waals surface area contributed by atoms with Crippen LogP contribution in [-0.4, -0.2) is 44.6 Å². The van der Waals surface area contributed by atoms with Crippen LogP contribution in [-0.2, 0) is 16.0 Å². The number of ether oxygens (including phenoxy) is 1. The zero-order chi connectivity index (χ0) is 22.0. The number of hydrogen-bond donors (Lipinski definition) is 2. The number of fused-ring (bicyclic) bond motifs is 1. The highest BCUT2D eigenvalue weighted by atomic mass is 35.5. The van der Waals surface area contributed by atoms with Crippen molar-refractivity contribution in [1.82, 2.24) is 5.01 Å². The van der Waals surface area contributed by atoms with Crippen molar-refractivity contribution in [1.29, 1.82) is 5.41 Å². The number of carboxylic acid groups (broad SMARTS) is 1. The molecule has 2 aromatic carbocycles. The zero-order valence-corrected chi connectivity index (χ0v) is 17.5. The molecule has 8 nitrogen and oxygen atoms in total. The molecule has 2 aromatic rings.